The van der Waals surface area contributed by atoms with Gasteiger partial charge in [-0.25, -0.2) is 4.79 Å². The summed E-state index contributed by atoms with van der Waals surface area (Å²) in [6.45, 7) is 3.49. The standard InChI is InChI=1S/C14H17NO3/c1-4-14(16)18-15-11(2)5-6-12-7-9-13(17-3)10-8-12/h5-10H,4H2,1-3H3/b6-5+,15-11+. The Balaban J connectivity index is 2.59. The first-order valence-electron chi connectivity index (χ1n) is 5.72. The molecule has 0 saturated heterocycles. The molecular weight excluding hydrogens is 230 g/mol. The largest absolute Gasteiger partial charge is 0.497 e. The summed E-state index contributed by atoms with van der Waals surface area (Å²) < 4.78 is 5.07. The molecule has 0 amide bonds. The molecule has 1 aromatic rings. The van der Waals surface area contributed by atoms with Crippen LogP contribution in [-0.2, 0) is 9.63 Å². The van der Waals surface area contributed by atoms with Gasteiger partial charge < -0.3 is 9.57 Å². The molecule has 4 nitrogen and oxygen atoms in total. The zero-order valence-electron chi connectivity index (χ0n) is 10.8. The molecule has 0 aromatic heterocycles. The van der Waals surface area contributed by atoms with E-state index in [9.17, 15) is 4.79 Å². The van der Waals surface area contributed by atoms with Gasteiger partial charge in [-0.05, 0) is 30.7 Å². The zero-order valence-corrected chi connectivity index (χ0v) is 10.8. The van der Waals surface area contributed by atoms with E-state index < -0.39 is 0 Å². The molecule has 0 N–H and O–H groups in total. The Morgan fingerprint density at radius 3 is 2.56 bits per heavy atom. The lowest BCUT2D eigenvalue weighted by Gasteiger charge is -1.99. The van der Waals surface area contributed by atoms with Gasteiger partial charge in [-0.3, -0.25) is 0 Å². The van der Waals surface area contributed by atoms with Crippen LogP contribution in [0.2, 0.25) is 0 Å². The van der Waals surface area contributed by atoms with Crippen molar-refractivity contribution in [1.29, 1.82) is 0 Å². The monoisotopic (exact) mass is 247 g/mol. The number of nitrogens with zero attached hydrogens (tertiary/aromatic N) is 1. The number of carbonyl (C=O) groups is 1. The van der Waals surface area contributed by atoms with Crippen LogP contribution in [0, 0.1) is 0 Å². The van der Waals surface area contributed by atoms with Gasteiger partial charge in [0.05, 0.1) is 12.8 Å². The van der Waals surface area contributed by atoms with Crippen LogP contribution in [0.4, 0.5) is 0 Å². The van der Waals surface area contributed by atoms with Crippen LogP contribution >= 0.6 is 0 Å². The van der Waals surface area contributed by atoms with E-state index in [1.807, 2.05) is 30.3 Å². The molecule has 18 heavy (non-hydrogen) atoms. The van der Waals surface area contributed by atoms with Gasteiger partial charge in [-0.1, -0.05) is 30.3 Å². The van der Waals surface area contributed by atoms with E-state index in [1.54, 1.807) is 27.0 Å². The molecule has 1 aromatic carbocycles. The molecule has 0 aliphatic carbocycles. The third-order valence-corrected chi connectivity index (χ3v) is 2.21. The summed E-state index contributed by atoms with van der Waals surface area (Å²) in [5.41, 5.74) is 1.65. The quantitative estimate of drug-likeness (QED) is 0.456. The van der Waals surface area contributed by atoms with Crippen LogP contribution in [0.15, 0.2) is 35.5 Å². The molecule has 0 saturated carbocycles. The van der Waals surface area contributed by atoms with Crippen LogP contribution in [-0.4, -0.2) is 18.8 Å². The smallest absolute Gasteiger partial charge is 0.334 e. The molecule has 0 atom stereocenters. The van der Waals surface area contributed by atoms with E-state index in [-0.39, 0.29) is 5.97 Å². The molecule has 0 heterocycles. The third-order valence-electron chi connectivity index (χ3n) is 2.21. The normalized spacial score (nSPS) is 11.6. The van der Waals surface area contributed by atoms with Crippen LogP contribution in [0.3, 0.4) is 0 Å². The highest BCUT2D eigenvalue weighted by Gasteiger charge is 1.96. The maximum Gasteiger partial charge on any atom is 0.334 e. The third kappa shape index (κ3) is 4.82. The SMILES string of the molecule is CCC(=O)O/N=C(C)/C=C/c1ccc(OC)cc1. The van der Waals surface area contributed by atoms with Crippen molar-refractivity contribution in [3.8, 4) is 5.75 Å². The number of allylic oxidation sites excluding steroid dienone is 1. The second-order valence-electron chi connectivity index (χ2n) is 3.66. The second-order valence-corrected chi connectivity index (χ2v) is 3.66. The predicted molar refractivity (Wildman–Crippen MR) is 71.5 cm³/mol. The first-order valence-corrected chi connectivity index (χ1v) is 5.72. The lowest BCUT2D eigenvalue weighted by molar-refractivity contribution is -0.143. The summed E-state index contributed by atoms with van der Waals surface area (Å²) in [6, 6.07) is 7.62. The van der Waals surface area contributed by atoms with E-state index in [0.717, 1.165) is 11.3 Å². The molecule has 0 unspecified atom stereocenters. The Morgan fingerprint density at radius 2 is 2.00 bits per heavy atom. The number of methoxy groups -OCH3 is 1. The Kier molecular flexibility index (Phi) is 5.64. The Labute approximate surface area is 107 Å². The molecule has 0 spiro atoms. The summed E-state index contributed by atoms with van der Waals surface area (Å²) in [5, 5.41) is 3.70. The fourth-order valence-corrected chi connectivity index (χ4v) is 1.15. The number of hydrogen-bond donors (Lipinski definition) is 0. The van der Waals surface area contributed by atoms with E-state index in [0.29, 0.717) is 12.1 Å². The van der Waals surface area contributed by atoms with E-state index in [1.165, 1.54) is 0 Å². The molecule has 0 bridgehead atoms. The number of carbonyl (C=O) groups excluding carboxylic acids is 1. The highest BCUT2D eigenvalue weighted by molar-refractivity contribution is 5.96. The number of ether oxygens (including phenoxy) is 1. The fourth-order valence-electron chi connectivity index (χ4n) is 1.15. The molecular formula is C14H17NO3. The summed E-state index contributed by atoms with van der Waals surface area (Å²) in [7, 11) is 1.63. The molecule has 0 radical (unpaired) electrons. The van der Waals surface area contributed by atoms with Crippen molar-refractivity contribution in [2.45, 2.75) is 20.3 Å². The predicted octanol–water partition coefficient (Wildman–Crippen LogP) is 3.04. The van der Waals surface area contributed by atoms with Gasteiger partial charge in [0.2, 0.25) is 0 Å². The summed E-state index contributed by atoms with van der Waals surface area (Å²) >= 11 is 0. The van der Waals surface area contributed by atoms with Crippen LogP contribution in [0.1, 0.15) is 25.8 Å². The minimum Gasteiger partial charge on any atom is -0.497 e. The van der Waals surface area contributed by atoms with Crippen molar-refractivity contribution < 1.29 is 14.4 Å². The summed E-state index contributed by atoms with van der Waals surface area (Å²) in [4.78, 5) is 15.5. The zero-order chi connectivity index (χ0) is 13.4. The topological polar surface area (TPSA) is 47.9 Å². The first-order chi connectivity index (χ1) is 8.65. The van der Waals surface area contributed by atoms with Crippen LogP contribution in [0.5, 0.6) is 5.75 Å². The first kappa shape index (κ1) is 14.0. The van der Waals surface area contributed by atoms with Crippen molar-refractivity contribution in [3.63, 3.8) is 0 Å². The van der Waals surface area contributed by atoms with Crippen LogP contribution in [0.25, 0.3) is 6.08 Å². The average molecular weight is 247 g/mol. The lowest BCUT2D eigenvalue weighted by Crippen LogP contribution is -1.98. The molecule has 0 aliphatic heterocycles. The van der Waals surface area contributed by atoms with Gasteiger partial charge >= 0.3 is 5.97 Å². The van der Waals surface area contributed by atoms with E-state index in [2.05, 4.69) is 9.99 Å². The summed E-state index contributed by atoms with van der Waals surface area (Å²) in [6.07, 6.45) is 3.99. The minimum absolute atomic E-state index is 0.318. The Hall–Kier alpha value is -2.10. The Bertz CT molecular complexity index is 447. The maximum atomic E-state index is 10.9. The molecule has 96 valence electrons. The van der Waals surface area contributed by atoms with Gasteiger partial charge in [0, 0.05) is 6.42 Å². The number of benzene rings is 1. The highest BCUT2D eigenvalue weighted by Crippen LogP contribution is 2.12. The molecule has 1 rings (SSSR count). The number of rotatable bonds is 5. The highest BCUT2D eigenvalue weighted by atomic mass is 16.7. The van der Waals surface area contributed by atoms with Crippen molar-refractivity contribution >= 4 is 17.8 Å². The molecule has 4 heteroatoms. The second kappa shape index (κ2) is 7.27. The van der Waals surface area contributed by atoms with E-state index >= 15 is 0 Å². The van der Waals surface area contributed by atoms with Crippen molar-refractivity contribution in [1.82, 2.24) is 0 Å². The number of hydrogen-bond acceptors (Lipinski definition) is 4. The van der Waals surface area contributed by atoms with Gasteiger partial charge in [0.15, 0.2) is 0 Å². The van der Waals surface area contributed by atoms with Crippen molar-refractivity contribution in [3.05, 3.63) is 35.9 Å². The molecule has 0 fully saturated rings. The minimum atomic E-state index is -0.341. The maximum absolute atomic E-state index is 10.9. The van der Waals surface area contributed by atoms with Gasteiger partial charge in [-0.15, -0.1) is 0 Å². The van der Waals surface area contributed by atoms with Crippen molar-refractivity contribution in [2.24, 2.45) is 5.16 Å². The Morgan fingerprint density at radius 1 is 1.33 bits per heavy atom. The van der Waals surface area contributed by atoms with Gasteiger partial charge in [-0.2, -0.15) is 0 Å². The lowest BCUT2D eigenvalue weighted by atomic mass is 10.2. The van der Waals surface area contributed by atoms with Gasteiger partial charge in [0.25, 0.3) is 0 Å². The average Bonchev–Trinajstić information content (AvgIpc) is 2.42. The summed E-state index contributed by atoms with van der Waals surface area (Å²) in [5.74, 6) is 0.474. The van der Waals surface area contributed by atoms with Crippen LogP contribution < -0.4 is 4.74 Å². The fraction of sp³-hybridized carbons (Fsp3) is 0.286. The molecule has 0 aliphatic rings. The van der Waals surface area contributed by atoms with Crippen molar-refractivity contribution in [2.75, 3.05) is 7.11 Å². The van der Waals surface area contributed by atoms with Gasteiger partial charge in [0.1, 0.15) is 5.75 Å². The number of oxime groups is 1. The van der Waals surface area contributed by atoms with E-state index in [4.69, 9.17) is 4.74 Å².